The number of hydrogen-bond donors (Lipinski definition) is 2. The molecule has 0 heterocycles. The van der Waals surface area contributed by atoms with E-state index in [9.17, 15) is 74.8 Å². The number of nitrogens with zero attached hydrogens (tertiary/aromatic N) is 1. The molecule has 0 rings (SSSR count). The van der Waals surface area contributed by atoms with Crippen LogP contribution in [0, 0.1) is 0 Å². The summed E-state index contributed by atoms with van der Waals surface area (Å²) >= 11 is 0. The Morgan fingerprint density at radius 2 is 0.909 bits per heavy atom. The van der Waals surface area contributed by atoms with Gasteiger partial charge in [0, 0.05) is 18.9 Å². The summed E-state index contributed by atoms with van der Waals surface area (Å²) in [6.07, 6.45) is -17.9. The van der Waals surface area contributed by atoms with Gasteiger partial charge in [0.05, 0.1) is 0 Å². The summed E-state index contributed by atoms with van der Waals surface area (Å²) in [5.74, 6) is -41.4. The Labute approximate surface area is 172 Å². The van der Waals surface area contributed by atoms with Crippen LogP contribution in [0.4, 0.5) is 70.2 Å². The van der Waals surface area contributed by atoms with E-state index in [0.29, 0.717) is 0 Å². The van der Waals surface area contributed by atoms with E-state index in [2.05, 4.69) is 0 Å². The highest BCUT2D eigenvalue weighted by molar-refractivity contribution is 7.49. The highest BCUT2D eigenvalue weighted by Crippen LogP contribution is 2.55. The van der Waals surface area contributed by atoms with Gasteiger partial charge < -0.3 is 9.79 Å². The monoisotopic (exact) mass is 553 g/mol. The van der Waals surface area contributed by atoms with Gasteiger partial charge in [-0.15, -0.1) is 0 Å². The van der Waals surface area contributed by atoms with Crippen molar-refractivity contribution in [2.24, 2.45) is 0 Å². The third kappa shape index (κ3) is 5.80. The second kappa shape index (κ2) is 9.22. The molecule has 33 heavy (non-hydrogen) atoms. The Balaban J connectivity index is 6.48. The van der Waals surface area contributed by atoms with Gasteiger partial charge in [0.1, 0.15) is 0 Å². The minimum Gasteiger partial charge on any atom is -0.312 e. The molecule has 0 atom stereocenters. The molecule has 0 amide bonds. The lowest BCUT2D eigenvalue weighted by Crippen LogP contribution is -2.61. The van der Waals surface area contributed by atoms with Crippen LogP contribution in [0.2, 0.25) is 0 Å². The number of hydrogen-bond acceptors (Lipinski definition) is 1. The molecule has 0 aliphatic carbocycles. The number of halogens is 16. The van der Waals surface area contributed by atoms with Crippen molar-refractivity contribution in [2.45, 2.75) is 67.3 Å². The fourth-order valence-electron chi connectivity index (χ4n) is 2.16. The van der Waals surface area contributed by atoms with Gasteiger partial charge in [-0.1, -0.05) is 0 Å². The molecule has 0 saturated heterocycles. The molecule has 200 valence electrons. The van der Waals surface area contributed by atoms with Crippen molar-refractivity contribution < 1.29 is 84.6 Å². The summed E-state index contributed by atoms with van der Waals surface area (Å²) in [6, 6.07) is -3.85. The second-order valence-electron chi connectivity index (χ2n) is 6.55. The summed E-state index contributed by atoms with van der Waals surface area (Å²) in [4.78, 5) is 17.6. The van der Waals surface area contributed by atoms with E-state index in [1.165, 1.54) is 0 Å². The van der Waals surface area contributed by atoms with Crippen LogP contribution >= 0.6 is 7.75 Å². The fraction of sp³-hybridized carbons (Fsp3) is 1.00. The third-order valence-corrected chi connectivity index (χ3v) is 5.38. The Kier molecular flexibility index (Phi) is 8.94. The molecule has 0 aliphatic heterocycles. The van der Waals surface area contributed by atoms with Crippen LogP contribution in [-0.2, 0) is 4.57 Å². The molecular weight excluding hydrogens is 541 g/mol. The highest BCUT2D eigenvalue weighted by Gasteiger charge is 2.78. The van der Waals surface area contributed by atoms with Crippen molar-refractivity contribution in [2.75, 3.05) is 7.05 Å². The molecule has 0 aromatic rings. The van der Waals surface area contributed by atoms with Crippen molar-refractivity contribution in [3.8, 4) is 0 Å². The van der Waals surface area contributed by atoms with E-state index in [-0.39, 0.29) is 7.05 Å². The van der Waals surface area contributed by atoms with Crippen LogP contribution in [0.25, 0.3) is 0 Å². The summed E-state index contributed by atoms with van der Waals surface area (Å²) in [5, 5.41) is 0. The molecule has 0 spiro atoms. The van der Waals surface area contributed by atoms with Gasteiger partial charge in [0.2, 0.25) is 0 Å². The van der Waals surface area contributed by atoms with E-state index in [4.69, 9.17) is 9.79 Å². The van der Waals surface area contributed by atoms with E-state index in [1.54, 1.807) is 0 Å². The zero-order valence-electron chi connectivity index (χ0n) is 15.4. The Morgan fingerprint density at radius 3 is 1.09 bits per heavy atom. The van der Waals surface area contributed by atoms with Crippen molar-refractivity contribution in [1.29, 1.82) is 0 Å². The van der Waals surface area contributed by atoms with E-state index in [0.717, 1.165) is 0 Å². The first-order chi connectivity index (χ1) is 14.1. The zero-order valence-corrected chi connectivity index (χ0v) is 16.3. The molecule has 0 aromatic carbocycles. The van der Waals surface area contributed by atoms with Gasteiger partial charge in [-0.05, 0) is 7.05 Å². The smallest absolute Gasteiger partial charge is 0.312 e. The lowest BCUT2D eigenvalue weighted by atomic mass is 9.91. The maximum absolute atomic E-state index is 13.7. The van der Waals surface area contributed by atoms with Crippen molar-refractivity contribution in [1.82, 2.24) is 4.67 Å². The highest BCUT2D eigenvalue weighted by atomic mass is 31.2. The first kappa shape index (κ1) is 32.0. The average Bonchev–Trinajstić information content (AvgIpc) is 2.58. The molecular formula is C12H12F16NO3P. The van der Waals surface area contributed by atoms with Gasteiger partial charge in [0.15, 0.2) is 0 Å². The minimum atomic E-state index is -7.16. The Bertz CT molecular complexity index is 678. The van der Waals surface area contributed by atoms with Gasteiger partial charge in [0.25, 0.3) is 0 Å². The second-order valence-corrected chi connectivity index (χ2v) is 8.21. The Hall–Kier alpha value is -1.01. The summed E-state index contributed by atoms with van der Waals surface area (Å²) < 4.78 is 218. The zero-order chi connectivity index (χ0) is 27.2. The standard InChI is InChI=1S/C12H12F16NO3P/c1-29(33(30,31)32)4(2-7(17,18)11(25,26)9(21,22)5(13)14)3-8(19,20)12(27,28)10(23,24)6(15)16/h4-6H,2-3H2,1H3,(H2,30,31,32). The average molecular weight is 553 g/mol. The van der Waals surface area contributed by atoms with Gasteiger partial charge in [-0.2, -0.15) is 52.7 Å². The first-order valence-corrected chi connectivity index (χ1v) is 9.29. The first-order valence-electron chi connectivity index (χ1n) is 7.73. The quantitative estimate of drug-likeness (QED) is 0.248. The third-order valence-electron chi connectivity index (χ3n) is 4.23. The number of alkyl halides is 16. The fourth-order valence-corrected chi connectivity index (χ4v) is 2.75. The van der Waals surface area contributed by atoms with Crippen molar-refractivity contribution in [3.05, 3.63) is 0 Å². The van der Waals surface area contributed by atoms with E-state index < -0.39 is 79.7 Å². The molecule has 0 aromatic heterocycles. The van der Waals surface area contributed by atoms with Crippen molar-refractivity contribution >= 4 is 7.75 Å². The topological polar surface area (TPSA) is 60.8 Å². The van der Waals surface area contributed by atoms with E-state index in [1.807, 2.05) is 0 Å². The maximum Gasteiger partial charge on any atom is 0.402 e. The van der Waals surface area contributed by atoms with Crippen LogP contribution in [0.15, 0.2) is 0 Å². The van der Waals surface area contributed by atoms with Gasteiger partial charge >= 0.3 is 56.1 Å². The molecule has 4 nitrogen and oxygen atoms in total. The van der Waals surface area contributed by atoms with E-state index >= 15 is 0 Å². The van der Waals surface area contributed by atoms with Gasteiger partial charge in [-0.3, -0.25) is 0 Å². The van der Waals surface area contributed by atoms with Crippen molar-refractivity contribution in [3.63, 3.8) is 0 Å². The number of rotatable bonds is 12. The summed E-state index contributed by atoms with van der Waals surface area (Å²) in [5.41, 5.74) is 0. The largest absolute Gasteiger partial charge is 0.402 e. The summed E-state index contributed by atoms with van der Waals surface area (Å²) in [6.45, 7) is 0. The molecule has 0 unspecified atom stereocenters. The van der Waals surface area contributed by atoms with Crippen LogP contribution in [0.1, 0.15) is 12.8 Å². The molecule has 21 heteroatoms. The normalized spacial score (nSPS) is 16.0. The lowest BCUT2D eigenvalue weighted by molar-refractivity contribution is -0.349. The Morgan fingerprint density at radius 1 is 0.667 bits per heavy atom. The maximum atomic E-state index is 13.7. The van der Waals surface area contributed by atoms with Crippen LogP contribution < -0.4 is 0 Å². The SMILES string of the molecule is CN(C(CC(F)(F)C(F)(F)C(F)(F)C(F)F)CC(F)(F)C(F)(F)C(F)(F)C(F)F)P(=O)(O)O. The van der Waals surface area contributed by atoms with Crippen LogP contribution in [-0.4, -0.2) is 75.9 Å². The minimum absolute atomic E-state index is 0.218. The van der Waals surface area contributed by atoms with Crippen LogP contribution in [0.3, 0.4) is 0 Å². The molecule has 0 bridgehead atoms. The van der Waals surface area contributed by atoms with Gasteiger partial charge in [-0.25, -0.2) is 26.8 Å². The molecule has 0 radical (unpaired) electrons. The molecule has 0 aliphatic rings. The summed E-state index contributed by atoms with van der Waals surface area (Å²) in [7, 11) is -6.42. The van der Waals surface area contributed by atoms with Crippen LogP contribution in [0.5, 0.6) is 0 Å². The molecule has 2 N–H and O–H groups in total. The predicted octanol–water partition coefficient (Wildman–Crippen LogP) is 5.50. The lowest BCUT2D eigenvalue weighted by Gasteiger charge is -2.39. The predicted molar refractivity (Wildman–Crippen MR) is 74.5 cm³/mol. The molecule has 0 saturated carbocycles. The molecule has 0 fully saturated rings.